The van der Waals surface area contributed by atoms with Crippen LogP contribution in [0.25, 0.3) is 44.8 Å². The Labute approximate surface area is 391 Å². The maximum absolute atomic E-state index is 12.8. The topological polar surface area (TPSA) is 295 Å². The second kappa shape index (κ2) is 21.0. The minimum absolute atomic E-state index is 0. The van der Waals surface area contributed by atoms with E-state index in [2.05, 4.69) is 25.3 Å². The molecule has 0 aliphatic carbocycles. The molecule has 21 heteroatoms. The van der Waals surface area contributed by atoms with Crippen molar-refractivity contribution in [3.63, 3.8) is 0 Å². The number of non-ortho nitro benzene ring substituents is 2. The number of aromatic amines is 2. The van der Waals surface area contributed by atoms with Crippen LogP contribution in [0.2, 0.25) is 0 Å². The molecule has 360 valence electrons. The molecular formula is C47H56N10O11. The van der Waals surface area contributed by atoms with E-state index < -0.39 is 51.3 Å². The first kappa shape index (κ1) is 50.9. The van der Waals surface area contributed by atoms with Crippen molar-refractivity contribution in [2.45, 2.75) is 97.9 Å². The van der Waals surface area contributed by atoms with E-state index in [0.717, 1.165) is 24.0 Å². The summed E-state index contributed by atoms with van der Waals surface area (Å²) in [5, 5.41) is 33.4. The van der Waals surface area contributed by atoms with Crippen molar-refractivity contribution < 1.29 is 43.6 Å². The molecule has 2 aromatic heterocycles. The molecule has 6 aromatic rings. The minimum atomic E-state index is -0.960. The Hall–Kier alpha value is -8.10. The Balaban J connectivity index is 0.000000209. The van der Waals surface area contributed by atoms with Gasteiger partial charge in [0, 0.05) is 59.9 Å². The monoisotopic (exact) mass is 936 g/mol. The Morgan fingerprint density at radius 3 is 1.51 bits per heavy atom. The van der Waals surface area contributed by atoms with Gasteiger partial charge in [0.2, 0.25) is 5.91 Å². The third-order valence-corrected chi connectivity index (χ3v) is 10.3. The van der Waals surface area contributed by atoms with Crippen molar-refractivity contribution in [1.82, 2.24) is 29.7 Å². The van der Waals surface area contributed by atoms with Gasteiger partial charge in [0.15, 0.2) is 0 Å². The van der Waals surface area contributed by atoms with Gasteiger partial charge in [-0.2, -0.15) is 0 Å². The summed E-state index contributed by atoms with van der Waals surface area (Å²) in [7, 11) is 0. The number of anilines is 2. The smallest absolute Gasteiger partial charge is 0.411 e. The zero-order chi connectivity index (χ0) is 48.8. The molecule has 0 spiro atoms. The molecule has 2 aliphatic heterocycles. The van der Waals surface area contributed by atoms with Gasteiger partial charge in [0.05, 0.1) is 31.9 Å². The molecule has 2 atom stereocenters. The number of carboxylic acids is 1. The molecule has 0 unspecified atom stereocenters. The highest BCUT2D eigenvalue weighted by Gasteiger charge is 2.37. The quantitative estimate of drug-likeness (QED) is 0.0566. The normalized spacial score (nSPS) is 15.6. The van der Waals surface area contributed by atoms with E-state index >= 15 is 0 Å². The number of carbonyl (C=O) groups is 4. The lowest BCUT2D eigenvalue weighted by atomic mass is 10.1. The Morgan fingerprint density at radius 2 is 1.10 bits per heavy atom. The first-order valence-electron chi connectivity index (χ1n) is 21.3. The highest BCUT2D eigenvalue weighted by atomic mass is 16.6. The number of carbonyl (C=O) groups excluding carboxylic acids is 3. The number of nitrogens with two attached hydrogens (primary N) is 1. The molecule has 2 aliphatic rings. The predicted octanol–water partition coefficient (Wildman–Crippen LogP) is 9.30. The summed E-state index contributed by atoms with van der Waals surface area (Å²) in [5.41, 5.74) is 9.89. The summed E-state index contributed by atoms with van der Waals surface area (Å²) in [6.45, 7) is 11.6. The molecule has 8 rings (SSSR count). The SMILES string of the molecule is C.CC(C)(C)OC(=O)N1CCC[C@@H]1C(=O)O.CC(C)(C)OC(=O)N1CCC[C@H]1C(=O)Nc1ccc(-c2nc3ccc([N+](=O)[O-])cc3[nH]2)cc1.Nc1ccc(-c2nc3ccc([N+](=O)[O-])cc3[nH]2)cc1. The van der Waals surface area contributed by atoms with Crippen LogP contribution in [0.5, 0.6) is 0 Å². The van der Waals surface area contributed by atoms with Crippen LogP contribution in [0.15, 0.2) is 84.9 Å². The number of nitrogens with zero attached hydrogens (tertiary/aromatic N) is 6. The average Bonchev–Trinajstić information content (AvgIpc) is 4.09. The van der Waals surface area contributed by atoms with E-state index in [1.165, 1.54) is 34.1 Å². The molecule has 4 aromatic carbocycles. The summed E-state index contributed by atoms with van der Waals surface area (Å²) in [5.74, 6) is 0.00582. The maximum atomic E-state index is 12.8. The molecule has 6 N–H and O–H groups in total. The van der Waals surface area contributed by atoms with Crippen molar-refractivity contribution in [2.75, 3.05) is 24.1 Å². The van der Waals surface area contributed by atoms with E-state index in [-0.39, 0.29) is 24.7 Å². The van der Waals surface area contributed by atoms with Gasteiger partial charge >= 0.3 is 18.2 Å². The minimum Gasteiger partial charge on any atom is -0.480 e. The van der Waals surface area contributed by atoms with Gasteiger partial charge in [-0.3, -0.25) is 34.8 Å². The standard InChI is InChI=1S/C23H25N5O5.C13H10N4O2.C10H17NO4.CH4/c1-23(2,3)33-22(30)27-12-4-5-19(27)21(29)24-15-8-6-14(7-9-15)20-25-17-11-10-16(28(31)32)13-18(17)26-20;14-9-3-1-8(2-4-9)13-15-11-6-5-10(17(18)19)7-12(11)16-13;1-10(2,3)15-9(14)11-6-4-5-7(11)8(12)13;/h6-11,13,19H,4-5,12H2,1-3H3,(H,24,29)(H,25,26);1-7H,14H2,(H,15,16);7H,4-6H2,1-3H3,(H,12,13);1H4/t19-;;7-;/m0.1./s1. The number of aromatic nitrogens is 4. The number of ether oxygens (including phenoxy) is 2. The second-order valence-electron chi connectivity index (χ2n) is 17.8. The number of nitrogen functional groups attached to an aromatic ring is 1. The van der Waals surface area contributed by atoms with Gasteiger partial charge in [0.25, 0.3) is 11.4 Å². The van der Waals surface area contributed by atoms with Crippen LogP contribution in [-0.4, -0.2) is 105 Å². The first-order valence-corrected chi connectivity index (χ1v) is 21.3. The van der Waals surface area contributed by atoms with Crippen LogP contribution in [0.4, 0.5) is 32.3 Å². The van der Waals surface area contributed by atoms with Gasteiger partial charge in [-0.1, -0.05) is 7.43 Å². The number of rotatable bonds is 7. The largest absolute Gasteiger partial charge is 0.480 e. The fourth-order valence-corrected chi connectivity index (χ4v) is 7.21. The average molecular weight is 937 g/mol. The number of likely N-dealkylation sites (tertiary alicyclic amines) is 2. The van der Waals surface area contributed by atoms with Crippen LogP contribution < -0.4 is 11.1 Å². The van der Waals surface area contributed by atoms with Crippen LogP contribution in [0.1, 0.15) is 74.7 Å². The fraction of sp³-hybridized carbons (Fsp3) is 0.362. The van der Waals surface area contributed by atoms with Gasteiger partial charge in [-0.25, -0.2) is 24.4 Å². The number of nitrogens with one attached hydrogen (secondary N) is 3. The lowest BCUT2D eigenvalue weighted by Gasteiger charge is -2.28. The number of hydrogen-bond acceptors (Lipinski definition) is 13. The van der Waals surface area contributed by atoms with Crippen LogP contribution in [0.3, 0.4) is 0 Å². The first-order chi connectivity index (χ1) is 31.5. The maximum Gasteiger partial charge on any atom is 0.411 e. The molecule has 4 heterocycles. The highest BCUT2D eigenvalue weighted by Crippen LogP contribution is 2.28. The van der Waals surface area contributed by atoms with E-state index in [9.17, 15) is 39.4 Å². The Morgan fingerprint density at radius 1 is 0.691 bits per heavy atom. The van der Waals surface area contributed by atoms with E-state index in [1.807, 2.05) is 12.1 Å². The number of amides is 3. The lowest BCUT2D eigenvalue weighted by Crippen LogP contribution is -2.45. The van der Waals surface area contributed by atoms with E-state index in [1.54, 1.807) is 90.1 Å². The molecular weight excluding hydrogens is 881 g/mol. The number of H-pyrrole nitrogens is 2. The summed E-state index contributed by atoms with van der Waals surface area (Å²) in [4.78, 5) is 86.3. The van der Waals surface area contributed by atoms with E-state index in [4.69, 9.17) is 20.3 Å². The van der Waals surface area contributed by atoms with Gasteiger partial charge in [-0.05, 0) is 128 Å². The zero-order valence-electron chi connectivity index (χ0n) is 37.8. The number of hydrogen-bond donors (Lipinski definition) is 5. The summed E-state index contributed by atoms with van der Waals surface area (Å²) in [6.07, 6.45) is 1.52. The number of aliphatic carboxylic acids is 1. The van der Waals surface area contributed by atoms with Gasteiger partial charge in [-0.15, -0.1) is 0 Å². The Kier molecular flexibility index (Phi) is 15.7. The molecule has 0 radical (unpaired) electrons. The number of fused-ring (bicyclic) bond motifs is 2. The zero-order valence-corrected chi connectivity index (χ0v) is 37.8. The highest BCUT2D eigenvalue weighted by molar-refractivity contribution is 5.97. The second-order valence-corrected chi connectivity index (χ2v) is 17.8. The fourth-order valence-electron chi connectivity index (χ4n) is 7.21. The summed E-state index contributed by atoms with van der Waals surface area (Å²) >= 11 is 0. The molecule has 2 fully saturated rings. The number of nitro benzene ring substituents is 2. The molecule has 0 saturated carbocycles. The number of nitro groups is 2. The van der Waals surface area contributed by atoms with Crippen molar-refractivity contribution in [3.05, 3.63) is 105 Å². The van der Waals surface area contributed by atoms with Crippen molar-refractivity contribution in [3.8, 4) is 22.8 Å². The van der Waals surface area contributed by atoms with Crippen molar-refractivity contribution in [2.24, 2.45) is 0 Å². The van der Waals surface area contributed by atoms with Crippen LogP contribution in [-0.2, 0) is 19.1 Å². The molecule has 68 heavy (non-hydrogen) atoms. The molecule has 0 bridgehead atoms. The molecule has 3 amide bonds. The van der Waals surface area contributed by atoms with E-state index in [0.29, 0.717) is 71.0 Å². The number of carboxylic acid groups (broad SMARTS) is 1. The lowest BCUT2D eigenvalue weighted by molar-refractivity contribution is -0.384. The van der Waals surface area contributed by atoms with Crippen molar-refractivity contribution in [1.29, 1.82) is 0 Å². The number of benzene rings is 4. The predicted molar refractivity (Wildman–Crippen MR) is 256 cm³/mol. The van der Waals surface area contributed by atoms with Gasteiger partial charge in [0.1, 0.15) is 34.9 Å². The summed E-state index contributed by atoms with van der Waals surface area (Å²) in [6, 6.07) is 22.0. The Bertz CT molecular complexity index is 2790. The van der Waals surface area contributed by atoms with Crippen LogP contribution in [0, 0.1) is 20.2 Å². The third kappa shape index (κ3) is 13.0. The molecule has 21 nitrogen and oxygen atoms in total. The summed E-state index contributed by atoms with van der Waals surface area (Å²) < 4.78 is 10.5. The number of imidazole rings is 2. The van der Waals surface area contributed by atoms with Crippen LogP contribution >= 0.6 is 0 Å². The third-order valence-electron chi connectivity index (χ3n) is 10.3. The van der Waals surface area contributed by atoms with Gasteiger partial charge < -0.3 is 35.6 Å². The molecule has 2 saturated heterocycles. The van der Waals surface area contributed by atoms with Crippen molar-refractivity contribution >= 4 is 68.9 Å².